The number of carbonyl (C=O) groups excluding carboxylic acids is 1. The van der Waals surface area contributed by atoms with Gasteiger partial charge in [-0.25, -0.2) is 0 Å². The molecule has 0 atom stereocenters. The van der Waals surface area contributed by atoms with Gasteiger partial charge in [0.15, 0.2) is 11.5 Å². The Labute approximate surface area is 172 Å². The largest absolute Gasteiger partial charge is 0.493 e. The smallest absolute Gasteiger partial charge is 0.248 e. The van der Waals surface area contributed by atoms with E-state index in [0.717, 1.165) is 47.4 Å². The maximum Gasteiger partial charge on any atom is 0.248 e. The number of hydrogen-bond donors (Lipinski definition) is 0. The standard InChI is InChI=1S/C24H26N2O3/c1-5-6-7-8-10-17-11-9-12-18(13-17)24-19-14-21(28-3)22(29-4)15-20(19)26(2)23(27)16-25-24/h9,11-15H,5-7,16H2,1-4H3. The van der Waals surface area contributed by atoms with Crippen LogP contribution < -0.4 is 14.4 Å². The summed E-state index contributed by atoms with van der Waals surface area (Å²) in [4.78, 5) is 18.7. The molecule has 0 bridgehead atoms. The molecule has 5 heteroatoms. The minimum absolute atomic E-state index is 0.0796. The van der Waals surface area contributed by atoms with Crippen molar-refractivity contribution in [3.8, 4) is 23.3 Å². The minimum atomic E-state index is -0.0796. The number of anilines is 1. The van der Waals surface area contributed by atoms with Crippen molar-refractivity contribution in [2.75, 3.05) is 32.7 Å². The molecule has 1 aliphatic rings. The van der Waals surface area contributed by atoms with Gasteiger partial charge in [0.25, 0.3) is 0 Å². The molecule has 1 amide bonds. The number of fused-ring (bicyclic) bond motifs is 1. The molecule has 1 heterocycles. The van der Waals surface area contributed by atoms with Crippen LogP contribution in [0.4, 0.5) is 5.69 Å². The lowest BCUT2D eigenvalue weighted by atomic mass is 9.98. The lowest BCUT2D eigenvalue weighted by Gasteiger charge is -2.20. The SMILES string of the molecule is CCCCC#Cc1cccc(C2=NCC(=O)N(C)c3cc(OC)c(OC)cc32)c1. The number of nitrogens with zero attached hydrogens (tertiary/aromatic N) is 2. The van der Waals surface area contributed by atoms with E-state index in [4.69, 9.17) is 9.47 Å². The van der Waals surface area contributed by atoms with Gasteiger partial charge in [-0.2, -0.15) is 0 Å². The van der Waals surface area contributed by atoms with E-state index in [9.17, 15) is 4.79 Å². The number of rotatable bonds is 5. The number of unbranched alkanes of at least 4 members (excludes halogenated alkanes) is 2. The molecular weight excluding hydrogens is 364 g/mol. The van der Waals surface area contributed by atoms with Crippen LogP contribution in [0.15, 0.2) is 41.4 Å². The van der Waals surface area contributed by atoms with Gasteiger partial charge in [0.1, 0.15) is 6.54 Å². The van der Waals surface area contributed by atoms with Gasteiger partial charge < -0.3 is 14.4 Å². The van der Waals surface area contributed by atoms with Gasteiger partial charge in [-0.1, -0.05) is 37.3 Å². The predicted octanol–water partition coefficient (Wildman–Crippen LogP) is 4.06. The van der Waals surface area contributed by atoms with Gasteiger partial charge in [0.05, 0.1) is 25.6 Å². The van der Waals surface area contributed by atoms with Gasteiger partial charge in [-0.3, -0.25) is 9.79 Å². The molecule has 0 aromatic heterocycles. The fraction of sp³-hybridized carbons (Fsp3) is 0.333. The van der Waals surface area contributed by atoms with E-state index < -0.39 is 0 Å². The number of amides is 1. The molecule has 2 aromatic rings. The maximum atomic E-state index is 12.5. The van der Waals surface area contributed by atoms with E-state index in [1.54, 1.807) is 26.2 Å². The Balaban J connectivity index is 2.09. The van der Waals surface area contributed by atoms with Crippen LogP contribution in [0.1, 0.15) is 42.9 Å². The zero-order valence-electron chi connectivity index (χ0n) is 17.4. The van der Waals surface area contributed by atoms with Crippen molar-refractivity contribution in [1.82, 2.24) is 0 Å². The molecule has 150 valence electrons. The monoisotopic (exact) mass is 390 g/mol. The van der Waals surface area contributed by atoms with Crippen molar-refractivity contribution in [1.29, 1.82) is 0 Å². The molecular formula is C24H26N2O3. The van der Waals surface area contributed by atoms with Crippen LogP contribution in [-0.2, 0) is 4.79 Å². The number of carbonyl (C=O) groups is 1. The Morgan fingerprint density at radius 2 is 1.90 bits per heavy atom. The molecule has 0 fully saturated rings. The number of benzene rings is 2. The Morgan fingerprint density at radius 3 is 2.62 bits per heavy atom. The van der Waals surface area contributed by atoms with Crippen molar-refractivity contribution in [3.63, 3.8) is 0 Å². The summed E-state index contributed by atoms with van der Waals surface area (Å²) in [7, 11) is 4.93. The van der Waals surface area contributed by atoms with E-state index in [0.29, 0.717) is 11.5 Å². The van der Waals surface area contributed by atoms with Gasteiger partial charge in [0.2, 0.25) is 5.91 Å². The second-order valence-corrected chi connectivity index (χ2v) is 6.83. The van der Waals surface area contributed by atoms with E-state index in [1.165, 1.54) is 0 Å². The summed E-state index contributed by atoms with van der Waals surface area (Å²) < 4.78 is 10.9. The number of benzodiazepines with no additional fused rings is 1. The normalized spacial score (nSPS) is 13.0. The number of hydrogen-bond acceptors (Lipinski definition) is 4. The van der Waals surface area contributed by atoms with E-state index in [2.05, 4.69) is 23.8 Å². The van der Waals surface area contributed by atoms with Gasteiger partial charge in [-0.15, -0.1) is 0 Å². The zero-order valence-corrected chi connectivity index (χ0v) is 17.4. The van der Waals surface area contributed by atoms with Crippen molar-refractivity contribution >= 4 is 17.3 Å². The molecule has 3 rings (SSSR count). The van der Waals surface area contributed by atoms with Crippen molar-refractivity contribution in [2.24, 2.45) is 4.99 Å². The molecule has 0 spiro atoms. The molecule has 0 N–H and O–H groups in total. The molecule has 0 aliphatic carbocycles. The Morgan fingerprint density at radius 1 is 1.14 bits per heavy atom. The Kier molecular flexibility index (Phi) is 6.56. The fourth-order valence-corrected chi connectivity index (χ4v) is 3.23. The zero-order chi connectivity index (χ0) is 20.8. The number of likely N-dealkylation sites (N-methyl/N-ethyl adjacent to an activating group) is 1. The molecule has 0 saturated carbocycles. The van der Waals surface area contributed by atoms with Crippen molar-refractivity contribution in [2.45, 2.75) is 26.2 Å². The molecule has 5 nitrogen and oxygen atoms in total. The van der Waals surface area contributed by atoms with E-state index >= 15 is 0 Å². The first-order valence-electron chi connectivity index (χ1n) is 9.75. The van der Waals surface area contributed by atoms with Crippen LogP contribution in [0.5, 0.6) is 11.5 Å². The Bertz CT molecular complexity index is 999. The summed E-state index contributed by atoms with van der Waals surface area (Å²) in [5.41, 5.74) is 4.17. The van der Waals surface area contributed by atoms with Crippen LogP contribution >= 0.6 is 0 Å². The van der Waals surface area contributed by atoms with E-state index in [-0.39, 0.29) is 12.5 Å². The first-order valence-corrected chi connectivity index (χ1v) is 9.75. The topological polar surface area (TPSA) is 51.1 Å². The van der Waals surface area contributed by atoms with E-state index in [1.807, 2.05) is 36.4 Å². The lowest BCUT2D eigenvalue weighted by molar-refractivity contribution is -0.116. The molecule has 2 aromatic carbocycles. The first-order chi connectivity index (χ1) is 14.1. The van der Waals surface area contributed by atoms with Crippen LogP contribution in [0.3, 0.4) is 0 Å². The highest BCUT2D eigenvalue weighted by Crippen LogP contribution is 2.37. The fourth-order valence-electron chi connectivity index (χ4n) is 3.23. The number of methoxy groups -OCH3 is 2. The first kappa shape index (κ1) is 20.5. The summed E-state index contributed by atoms with van der Waals surface area (Å²) in [6.07, 6.45) is 3.12. The molecule has 29 heavy (non-hydrogen) atoms. The summed E-state index contributed by atoms with van der Waals surface area (Å²) in [6, 6.07) is 11.7. The average Bonchev–Trinajstić information content (AvgIpc) is 2.87. The summed E-state index contributed by atoms with van der Waals surface area (Å²) in [5, 5.41) is 0. The Hall–Kier alpha value is -3.26. The highest BCUT2D eigenvalue weighted by molar-refractivity contribution is 6.20. The van der Waals surface area contributed by atoms with Crippen LogP contribution in [0.25, 0.3) is 0 Å². The summed E-state index contributed by atoms with van der Waals surface area (Å²) >= 11 is 0. The van der Waals surface area contributed by atoms with Crippen molar-refractivity contribution < 1.29 is 14.3 Å². The second-order valence-electron chi connectivity index (χ2n) is 6.83. The molecule has 0 radical (unpaired) electrons. The third-order valence-electron chi connectivity index (χ3n) is 4.89. The molecule has 0 unspecified atom stereocenters. The van der Waals surface area contributed by atoms with Crippen LogP contribution in [0, 0.1) is 11.8 Å². The van der Waals surface area contributed by atoms with Crippen molar-refractivity contribution in [3.05, 3.63) is 53.1 Å². The van der Waals surface area contributed by atoms with Crippen LogP contribution in [-0.4, -0.2) is 39.4 Å². The summed E-state index contributed by atoms with van der Waals surface area (Å²) in [5.74, 6) is 7.54. The highest BCUT2D eigenvalue weighted by atomic mass is 16.5. The predicted molar refractivity (Wildman–Crippen MR) is 116 cm³/mol. The third-order valence-corrected chi connectivity index (χ3v) is 4.89. The summed E-state index contributed by atoms with van der Waals surface area (Å²) in [6.45, 7) is 2.24. The lowest BCUT2D eigenvalue weighted by Crippen LogP contribution is -2.27. The second kappa shape index (κ2) is 9.29. The quantitative estimate of drug-likeness (QED) is 0.571. The third kappa shape index (κ3) is 4.43. The molecule has 1 aliphatic heterocycles. The van der Waals surface area contributed by atoms with Crippen LogP contribution in [0.2, 0.25) is 0 Å². The minimum Gasteiger partial charge on any atom is -0.493 e. The van der Waals surface area contributed by atoms with Gasteiger partial charge in [0, 0.05) is 36.2 Å². The van der Waals surface area contributed by atoms with Gasteiger partial charge >= 0.3 is 0 Å². The number of ether oxygens (including phenoxy) is 2. The van der Waals surface area contributed by atoms with Gasteiger partial charge in [-0.05, 0) is 24.6 Å². The number of aliphatic imine (C=N–C) groups is 1. The maximum absolute atomic E-state index is 12.5. The molecule has 0 saturated heterocycles. The average molecular weight is 390 g/mol. The highest BCUT2D eigenvalue weighted by Gasteiger charge is 2.25.